The van der Waals surface area contributed by atoms with Crippen molar-refractivity contribution < 1.29 is 9.53 Å². The summed E-state index contributed by atoms with van der Waals surface area (Å²) in [6.07, 6.45) is 1.30. The van der Waals surface area contributed by atoms with Crippen LogP contribution in [0.15, 0.2) is 36.0 Å². The largest absolute Gasteiger partial charge is 0.488 e. The molecule has 0 radical (unpaired) electrons. The molecule has 1 heterocycles. The molecule has 0 amide bonds. The molecule has 1 aromatic rings. The molecule has 0 saturated heterocycles. The molecule has 0 saturated carbocycles. The van der Waals surface area contributed by atoms with E-state index >= 15 is 0 Å². The van der Waals surface area contributed by atoms with Gasteiger partial charge in [-0.3, -0.25) is 4.79 Å². The Morgan fingerprint density at radius 2 is 2.15 bits per heavy atom. The molecule has 3 nitrogen and oxygen atoms in total. The van der Waals surface area contributed by atoms with E-state index in [2.05, 4.69) is 0 Å². The van der Waals surface area contributed by atoms with Gasteiger partial charge in [-0.2, -0.15) is 0 Å². The second-order valence-corrected chi connectivity index (χ2v) is 2.81. The highest BCUT2D eigenvalue weighted by Crippen LogP contribution is 2.25. The van der Waals surface area contributed by atoms with Gasteiger partial charge in [0, 0.05) is 6.20 Å². The lowest BCUT2D eigenvalue weighted by Crippen LogP contribution is -2.19. The molecule has 1 aliphatic rings. The zero-order chi connectivity index (χ0) is 9.26. The van der Waals surface area contributed by atoms with Crippen LogP contribution in [-0.2, 0) is 0 Å². The van der Waals surface area contributed by atoms with Gasteiger partial charge in [0.15, 0.2) is 5.78 Å². The maximum Gasteiger partial charge on any atom is 0.197 e. The first-order chi connectivity index (χ1) is 6.33. The summed E-state index contributed by atoms with van der Waals surface area (Å²) in [5.74, 6) is 0.599. The summed E-state index contributed by atoms with van der Waals surface area (Å²) in [7, 11) is 0. The van der Waals surface area contributed by atoms with Crippen LogP contribution < -0.4 is 10.5 Å². The van der Waals surface area contributed by atoms with E-state index in [9.17, 15) is 4.79 Å². The number of para-hydroxylation sites is 1. The van der Waals surface area contributed by atoms with E-state index in [-0.39, 0.29) is 12.4 Å². The SMILES string of the molecule is NC=C1COc2ccccc2C1=O. The van der Waals surface area contributed by atoms with E-state index in [0.29, 0.717) is 16.9 Å². The third-order valence-electron chi connectivity index (χ3n) is 2.01. The van der Waals surface area contributed by atoms with Gasteiger partial charge in [-0.15, -0.1) is 0 Å². The number of Topliss-reactive ketones (excluding diaryl/α,β-unsaturated/α-hetero) is 1. The Labute approximate surface area is 75.8 Å². The fourth-order valence-corrected chi connectivity index (χ4v) is 1.30. The summed E-state index contributed by atoms with van der Waals surface area (Å²) in [5, 5.41) is 0. The molecule has 1 aromatic carbocycles. The van der Waals surface area contributed by atoms with E-state index in [4.69, 9.17) is 10.5 Å². The van der Waals surface area contributed by atoms with Gasteiger partial charge < -0.3 is 10.5 Å². The molecule has 0 aromatic heterocycles. The number of carbonyl (C=O) groups excluding carboxylic acids is 1. The third-order valence-corrected chi connectivity index (χ3v) is 2.01. The van der Waals surface area contributed by atoms with E-state index in [1.807, 2.05) is 6.07 Å². The van der Waals surface area contributed by atoms with Crippen LogP contribution in [0, 0.1) is 0 Å². The Hall–Kier alpha value is -1.77. The van der Waals surface area contributed by atoms with Gasteiger partial charge in [0.1, 0.15) is 12.4 Å². The summed E-state index contributed by atoms with van der Waals surface area (Å²) in [5.41, 5.74) is 6.39. The van der Waals surface area contributed by atoms with Crippen LogP contribution in [0.3, 0.4) is 0 Å². The minimum atomic E-state index is -0.0376. The van der Waals surface area contributed by atoms with Crippen LogP contribution in [-0.4, -0.2) is 12.4 Å². The van der Waals surface area contributed by atoms with Crippen LogP contribution in [0.25, 0.3) is 0 Å². The highest BCUT2D eigenvalue weighted by molar-refractivity contribution is 6.11. The number of nitrogens with two attached hydrogens (primary N) is 1. The highest BCUT2D eigenvalue weighted by atomic mass is 16.5. The Balaban J connectivity index is 2.51. The van der Waals surface area contributed by atoms with Crippen LogP contribution in [0.4, 0.5) is 0 Å². The van der Waals surface area contributed by atoms with Crippen molar-refractivity contribution in [1.29, 1.82) is 0 Å². The molecule has 0 spiro atoms. The van der Waals surface area contributed by atoms with Crippen molar-refractivity contribution in [1.82, 2.24) is 0 Å². The number of ketones is 1. The van der Waals surface area contributed by atoms with Crippen molar-refractivity contribution in [2.24, 2.45) is 5.73 Å². The van der Waals surface area contributed by atoms with Gasteiger partial charge in [0.25, 0.3) is 0 Å². The summed E-state index contributed by atoms with van der Waals surface area (Å²) >= 11 is 0. The maximum absolute atomic E-state index is 11.6. The standard InChI is InChI=1S/C10H9NO2/c11-5-7-6-13-9-4-2-1-3-8(9)10(7)12/h1-5H,6,11H2. The zero-order valence-corrected chi connectivity index (χ0v) is 6.99. The number of hydrogen-bond donors (Lipinski definition) is 1. The van der Waals surface area contributed by atoms with Gasteiger partial charge in [0.05, 0.1) is 11.1 Å². The molecule has 0 unspecified atom stereocenters. The molecule has 66 valence electrons. The predicted molar refractivity (Wildman–Crippen MR) is 48.5 cm³/mol. The molecule has 13 heavy (non-hydrogen) atoms. The maximum atomic E-state index is 11.6. The minimum absolute atomic E-state index is 0.0376. The van der Waals surface area contributed by atoms with Gasteiger partial charge in [0.2, 0.25) is 0 Å². The highest BCUT2D eigenvalue weighted by Gasteiger charge is 2.21. The van der Waals surface area contributed by atoms with Gasteiger partial charge >= 0.3 is 0 Å². The Morgan fingerprint density at radius 1 is 1.38 bits per heavy atom. The molecule has 0 bridgehead atoms. The molecular weight excluding hydrogens is 166 g/mol. The molecule has 3 heteroatoms. The number of ether oxygens (including phenoxy) is 1. The number of rotatable bonds is 0. The molecule has 0 atom stereocenters. The number of hydrogen-bond acceptors (Lipinski definition) is 3. The van der Waals surface area contributed by atoms with Crippen molar-refractivity contribution >= 4 is 5.78 Å². The molecule has 0 fully saturated rings. The van der Waals surface area contributed by atoms with E-state index < -0.39 is 0 Å². The fraction of sp³-hybridized carbons (Fsp3) is 0.100. The summed E-state index contributed by atoms with van der Waals surface area (Å²) < 4.78 is 5.33. The van der Waals surface area contributed by atoms with Crippen LogP contribution in [0.2, 0.25) is 0 Å². The number of fused-ring (bicyclic) bond motifs is 1. The normalized spacial score (nSPS) is 18.2. The van der Waals surface area contributed by atoms with E-state index in [0.717, 1.165) is 0 Å². The van der Waals surface area contributed by atoms with Crippen LogP contribution >= 0.6 is 0 Å². The predicted octanol–water partition coefficient (Wildman–Crippen LogP) is 1.10. The first-order valence-corrected chi connectivity index (χ1v) is 4.00. The summed E-state index contributed by atoms with van der Waals surface area (Å²) in [6.45, 7) is 0.270. The zero-order valence-electron chi connectivity index (χ0n) is 6.99. The Kier molecular flexibility index (Phi) is 1.77. The van der Waals surface area contributed by atoms with Crippen molar-refractivity contribution in [3.8, 4) is 5.75 Å². The van der Waals surface area contributed by atoms with Gasteiger partial charge in [-0.1, -0.05) is 12.1 Å². The van der Waals surface area contributed by atoms with E-state index in [1.54, 1.807) is 18.2 Å². The molecule has 2 rings (SSSR count). The number of carbonyl (C=O) groups is 1. The number of benzene rings is 1. The molecule has 0 aliphatic carbocycles. The molecular formula is C10H9NO2. The van der Waals surface area contributed by atoms with Gasteiger partial charge in [-0.25, -0.2) is 0 Å². The Bertz CT molecular complexity index is 382. The van der Waals surface area contributed by atoms with Crippen molar-refractivity contribution in [3.05, 3.63) is 41.6 Å². The van der Waals surface area contributed by atoms with Crippen LogP contribution in [0.1, 0.15) is 10.4 Å². The fourth-order valence-electron chi connectivity index (χ4n) is 1.30. The first-order valence-electron chi connectivity index (χ1n) is 4.00. The second-order valence-electron chi connectivity index (χ2n) is 2.81. The first kappa shape index (κ1) is 7.86. The lowest BCUT2D eigenvalue weighted by Gasteiger charge is -2.17. The van der Waals surface area contributed by atoms with Gasteiger partial charge in [-0.05, 0) is 12.1 Å². The van der Waals surface area contributed by atoms with E-state index in [1.165, 1.54) is 6.20 Å². The Morgan fingerprint density at radius 3 is 2.92 bits per heavy atom. The minimum Gasteiger partial charge on any atom is -0.488 e. The quantitative estimate of drug-likeness (QED) is 0.601. The average molecular weight is 175 g/mol. The topological polar surface area (TPSA) is 52.3 Å². The molecule has 1 aliphatic heterocycles. The summed E-state index contributed by atoms with van der Waals surface area (Å²) in [6, 6.07) is 7.16. The monoisotopic (exact) mass is 175 g/mol. The second kappa shape index (κ2) is 2.94. The lowest BCUT2D eigenvalue weighted by molar-refractivity contribution is 0.0999. The third kappa shape index (κ3) is 1.18. The lowest BCUT2D eigenvalue weighted by atomic mass is 10.0. The average Bonchev–Trinajstić information content (AvgIpc) is 2.19. The van der Waals surface area contributed by atoms with Crippen molar-refractivity contribution in [2.45, 2.75) is 0 Å². The smallest absolute Gasteiger partial charge is 0.197 e. The summed E-state index contributed by atoms with van der Waals surface area (Å²) in [4.78, 5) is 11.6. The molecule has 2 N–H and O–H groups in total. The van der Waals surface area contributed by atoms with Crippen LogP contribution in [0.5, 0.6) is 5.75 Å². The van der Waals surface area contributed by atoms with Crippen molar-refractivity contribution in [2.75, 3.05) is 6.61 Å². The van der Waals surface area contributed by atoms with Crippen molar-refractivity contribution in [3.63, 3.8) is 0 Å².